The van der Waals surface area contributed by atoms with E-state index < -0.39 is 0 Å². The van der Waals surface area contributed by atoms with Crippen molar-refractivity contribution in [1.29, 1.82) is 0 Å². The number of aromatic nitrogens is 2. The van der Waals surface area contributed by atoms with Crippen LogP contribution in [-0.4, -0.2) is 22.2 Å². The third-order valence-corrected chi connectivity index (χ3v) is 4.48. The lowest BCUT2D eigenvalue weighted by Gasteiger charge is -2.11. The number of methoxy groups -OCH3 is 1. The summed E-state index contributed by atoms with van der Waals surface area (Å²) in [6.45, 7) is 4.10. The molecule has 0 saturated carbocycles. The lowest BCUT2D eigenvalue weighted by atomic mass is 10.1. The molecule has 1 aromatic heterocycles. The highest BCUT2D eigenvalue weighted by Gasteiger charge is 2.15. The van der Waals surface area contributed by atoms with Crippen LogP contribution >= 0.6 is 34.2 Å². The molecule has 0 spiro atoms. The summed E-state index contributed by atoms with van der Waals surface area (Å²) in [5.41, 5.74) is 1.60. The summed E-state index contributed by atoms with van der Waals surface area (Å²) < 4.78 is 5.88. The van der Waals surface area contributed by atoms with Gasteiger partial charge in [0.1, 0.15) is 5.15 Å². The molecule has 1 N–H and O–H groups in total. The highest BCUT2D eigenvalue weighted by molar-refractivity contribution is 14.1. The van der Waals surface area contributed by atoms with E-state index in [0.717, 1.165) is 9.26 Å². The number of rotatable bonds is 3. The van der Waals surface area contributed by atoms with Crippen LogP contribution in [0.4, 0.5) is 0 Å². The number of phenolic OH excluding ortho intramolecular Hbond substituents is 1. The van der Waals surface area contributed by atoms with Gasteiger partial charge in [0.15, 0.2) is 17.3 Å². The van der Waals surface area contributed by atoms with E-state index >= 15 is 0 Å². The molecule has 0 amide bonds. The molecule has 2 rings (SSSR count). The third kappa shape index (κ3) is 2.98. The lowest BCUT2D eigenvalue weighted by Crippen LogP contribution is -2.02. The van der Waals surface area contributed by atoms with Crippen LogP contribution in [0.25, 0.3) is 11.4 Å². The summed E-state index contributed by atoms with van der Waals surface area (Å²) in [5, 5.41) is 10.3. The number of nitrogens with zero attached hydrogens (tertiary/aromatic N) is 2. The van der Waals surface area contributed by atoms with Crippen molar-refractivity contribution >= 4 is 34.2 Å². The van der Waals surface area contributed by atoms with E-state index in [0.29, 0.717) is 22.3 Å². The van der Waals surface area contributed by atoms with Crippen molar-refractivity contribution in [2.24, 2.45) is 0 Å². The van der Waals surface area contributed by atoms with Gasteiger partial charge in [-0.3, -0.25) is 0 Å². The van der Waals surface area contributed by atoms with Gasteiger partial charge in [0.2, 0.25) is 0 Å². The van der Waals surface area contributed by atoms with E-state index in [4.69, 9.17) is 16.3 Å². The minimum absolute atomic E-state index is 0.0503. The van der Waals surface area contributed by atoms with Gasteiger partial charge >= 0.3 is 0 Å². The number of ether oxygens (including phenoxy) is 1. The molecule has 0 aliphatic carbocycles. The maximum Gasteiger partial charge on any atom is 0.161 e. The Bertz CT molecular complexity index is 647. The second-order valence-electron chi connectivity index (χ2n) is 4.58. The fourth-order valence-electron chi connectivity index (χ4n) is 1.78. The Balaban J connectivity index is 2.55. The average Bonchev–Trinajstić information content (AvgIpc) is 2.41. The maximum atomic E-state index is 9.84. The second kappa shape index (κ2) is 6.13. The monoisotopic (exact) mass is 404 g/mol. The van der Waals surface area contributed by atoms with Crippen molar-refractivity contribution in [2.45, 2.75) is 19.8 Å². The van der Waals surface area contributed by atoms with Gasteiger partial charge in [-0.25, -0.2) is 9.97 Å². The topological polar surface area (TPSA) is 55.2 Å². The number of phenols is 1. The van der Waals surface area contributed by atoms with Crippen molar-refractivity contribution in [2.75, 3.05) is 7.11 Å². The lowest BCUT2D eigenvalue weighted by molar-refractivity contribution is 0.373. The van der Waals surface area contributed by atoms with Crippen LogP contribution in [0.15, 0.2) is 18.2 Å². The molecular formula is C14H14ClIN2O2. The first-order chi connectivity index (χ1) is 9.43. The van der Waals surface area contributed by atoms with E-state index in [-0.39, 0.29) is 11.7 Å². The third-order valence-electron chi connectivity index (χ3n) is 2.82. The van der Waals surface area contributed by atoms with E-state index in [1.807, 2.05) is 0 Å². The van der Waals surface area contributed by atoms with Crippen molar-refractivity contribution in [3.8, 4) is 22.9 Å². The molecule has 0 aliphatic rings. The molecule has 0 bridgehead atoms. The number of aromatic hydroxyl groups is 1. The normalized spacial score (nSPS) is 10.9. The highest BCUT2D eigenvalue weighted by Crippen LogP contribution is 2.32. The van der Waals surface area contributed by atoms with Gasteiger partial charge < -0.3 is 9.84 Å². The van der Waals surface area contributed by atoms with Crippen LogP contribution in [-0.2, 0) is 0 Å². The summed E-state index contributed by atoms with van der Waals surface area (Å²) in [4.78, 5) is 8.82. The maximum absolute atomic E-state index is 9.84. The molecule has 20 heavy (non-hydrogen) atoms. The largest absolute Gasteiger partial charge is 0.504 e. The Labute approximate surface area is 136 Å². The zero-order valence-corrected chi connectivity index (χ0v) is 14.2. The van der Waals surface area contributed by atoms with Gasteiger partial charge in [0.05, 0.1) is 16.4 Å². The molecule has 4 nitrogen and oxygen atoms in total. The number of benzene rings is 1. The van der Waals surface area contributed by atoms with Crippen LogP contribution in [0.1, 0.15) is 25.5 Å². The summed E-state index contributed by atoms with van der Waals surface area (Å²) in [6.07, 6.45) is 0. The Kier molecular flexibility index (Phi) is 4.70. The molecule has 0 aliphatic heterocycles. The van der Waals surface area contributed by atoms with Gasteiger partial charge in [-0.2, -0.15) is 0 Å². The molecule has 1 heterocycles. The first-order valence-electron chi connectivity index (χ1n) is 6.04. The number of halogens is 2. The van der Waals surface area contributed by atoms with E-state index in [1.165, 1.54) is 7.11 Å². The Morgan fingerprint density at radius 1 is 1.30 bits per heavy atom. The highest BCUT2D eigenvalue weighted by atomic mass is 127. The zero-order valence-electron chi connectivity index (χ0n) is 11.3. The predicted octanol–water partition coefficient (Wildman–Crippen LogP) is 4.24. The average molecular weight is 405 g/mol. The minimum atomic E-state index is 0.0503. The Hall–Kier alpha value is -1.08. The van der Waals surface area contributed by atoms with Crippen molar-refractivity contribution < 1.29 is 9.84 Å². The standard InChI is InChI=1S/C14H14ClIN2O2/c1-7(2)12-11(16)13(15)18-14(17-12)8-4-5-10(20-3)9(19)6-8/h4-7,19H,1-3H3. The summed E-state index contributed by atoms with van der Waals surface area (Å²) in [6, 6.07) is 5.04. The van der Waals surface area contributed by atoms with Crippen LogP contribution < -0.4 is 4.74 Å². The van der Waals surface area contributed by atoms with Gasteiger partial charge in [-0.15, -0.1) is 0 Å². The Morgan fingerprint density at radius 3 is 2.55 bits per heavy atom. The summed E-state index contributed by atoms with van der Waals surface area (Å²) >= 11 is 8.31. The molecule has 6 heteroatoms. The van der Waals surface area contributed by atoms with Crippen LogP contribution in [0, 0.1) is 3.57 Å². The quantitative estimate of drug-likeness (QED) is 0.614. The zero-order chi connectivity index (χ0) is 14.9. The Morgan fingerprint density at radius 2 is 2.00 bits per heavy atom. The van der Waals surface area contributed by atoms with Crippen molar-refractivity contribution in [3.63, 3.8) is 0 Å². The van der Waals surface area contributed by atoms with Crippen molar-refractivity contribution in [3.05, 3.63) is 32.6 Å². The smallest absolute Gasteiger partial charge is 0.161 e. The molecule has 2 aromatic rings. The van der Waals surface area contributed by atoms with E-state index in [1.54, 1.807) is 18.2 Å². The number of hydrogen-bond donors (Lipinski definition) is 1. The molecule has 0 saturated heterocycles. The fraction of sp³-hybridized carbons (Fsp3) is 0.286. The van der Waals surface area contributed by atoms with Crippen molar-refractivity contribution in [1.82, 2.24) is 9.97 Å². The molecule has 0 radical (unpaired) electrons. The van der Waals surface area contributed by atoms with Gasteiger partial charge in [0.25, 0.3) is 0 Å². The van der Waals surface area contributed by atoms with E-state index in [9.17, 15) is 5.11 Å². The molecule has 1 aromatic carbocycles. The molecule has 0 fully saturated rings. The minimum Gasteiger partial charge on any atom is -0.504 e. The summed E-state index contributed by atoms with van der Waals surface area (Å²) in [5.74, 6) is 1.20. The fourth-order valence-corrected chi connectivity index (χ4v) is 2.82. The van der Waals surface area contributed by atoms with E-state index in [2.05, 4.69) is 46.4 Å². The molecule has 106 valence electrons. The van der Waals surface area contributed by atoms with Gasteiger partial charge in [-0.05, 0) is 46.7 Å². The van der Waals surface area contributed by atoms with Crippen LogP contribution in [0.2, 0.25) is 5.15 Å². The van der Waals surface area contributed by atoms with Gasteiger partial charge in [0, 0.05) is 5.56 Å². The second-order valence-corrected chi connectivity index (χ2v) is 6.02. The number of hydrogen-bond acceptors (Lipinski definition) is 4. The van der Waals surface area contributed by atoms with Crippen LogP contribution in [0.3, 0.4) is 0 Å². The predicted molar refractivity (Wildman–Crippen MR) is 87.5 cm³/mol. The van der Waals surface area contributed by atoms with Gasteiger partial charge in [-0.1, -0.05) is 25.4 Å². The SMILES string of the molecule is COc1ccc(-c2nc(Cl)c(I)c(C(C)C)n2)cc1O. The molecular weight excluding hydrogens is 391 g/mol. The first-order valence-corrected chi connectivity index (χ1v) is 7.50. The molecule has 0 unspecified atom stereocenters. The van der Waals surface area contributed by atoms with Crippen LogP contribution in [0.5, 0.6) is 11.5 Å². The molecule has 0 atom stereocenters. The summed E-state index contributed by atoms with van der Waals surface area (Å²) in [7, 11) is 1.50. The first kappa shape index (κ1) is 15.3.